The van der Waals surface area contributed by atoms with Gasteiger partial charge in [-0.1, -0.05) is 20.3 Å². The Labute approximate surface area is 168 Å². The van der Waals surface area contributed by atoms with Crippen molar-refractivity contribution in [1.29, 1.82) is 0 Å². The van der Waals surface area contributed by atoms with Crippen molar-refractivity contribution in [2.45, 2.75) is 96.3 Å². The molecular weight excluding hydrogens is 352 g/mol. The number of hydrogen-bond donors (Lipinski definition) is 2. The SMILES string of the molecule is CC(C)c1nnc2n1CC(NC(=O)NC(C)C1CCCN(C3CCC3)C1)CC2. The molecule has 3 heterocycles. The first kappa shape index (κ1) is 19.7. The number of piperidine rings is 1. The van der Waals surface area contributed by atoms with Gasteiger partial charge in [-0.05, 0) is 51.5 Å². The Morgan fingerprint density at radius 3 is 2.61 bits per heavy atom. The summed E-state index contributed by atoms with van der Waals surface area (Å²) >= 11 is 0. The van der Waals surface area contributed by atoms with Gasteiger partial charge in [0.05, 0.1) is 0 Å². The van der Waals surface area contributed by atoms with Gasteiger partial charge >= 0.3 is 6.03 Å². The maximum Gasteiger partial charge on any atom is 0.315 e. The van der Waals surface area contributed by atoms with E-state index in [0.29, 0.717) is 11.8 Å². The number of hydrogen-bond acceptors (Lipinski definition) is 4. The van der Waals surface area contributed by atoms with Crippen LogP contribution in [0.3, 0.4) is 0 Å². The Balaban J connectivity index is 1.27. The lowest BCUT2D eigenvalue weighted by Crippen LogP contribution is -2.53. The molecule has 0 spiro atoms. The van der Waals surface area contributed by atoms with E-state index >= 15 is 0 Å². The maximum atomic E-state index is 12.6. The summed E-state index contributed by atoms with van der Waals surface area (Å²) in [6.07, 6.45) is 8.38. The molecule has 4 rings (SSSR count). The predicted molar refractivity (Wildman–Crippen MR) is 109 cm³/mol. The van der Waals surface area contributed by atoms with Crippen molar-refractivity contribution < 1.29 is 4.79 Å². The van der Waals surface area contributed by atoms with Crippen LogP contribution in [0.1, 0.15) is 76.9 Å². The molecule has 3 unspecified atom stereocenters. The highest BCUT2D eigenvalue weighted by atomic mass is 16.2. The second-order valence-electron chi connectivity index (χ2n) is 9.36. The fourth-order valence-corrected chi connectivity index (χ4v) is 4.98. The molecule has 1 aliphatic carbocycles. The number of urea groups is 1. The van der Waals surface area contributed by atoms with Crippen LogP contribution < -0.4 is 10.6 Å². The van der Waals surface area contributed by atoms with E-state index < -0.39 is 0 Å². The maximum absolute atomic E-state index is 12.6. The van der Waals surface area contributed by atoms with Crippen LogP contribution in [-0.4, -0.2) is 56.9 Å². The standard InChI is InChI=1S/C21H36N6O/c1-14(2)20-25-24-19-10-9-17(13-27(19)20)23-21(28)22-15(3)16-6-5-11-26(12-16)18-7-4-8-18/h14-18H,4-13H2,1-3H3,(H2,22,23,28). The summed E-state index contributed by atoms with van der Waals surface area (Å²) in [7, 11) is 0. The van der Waals surface area contributed by atoms with Crippen molar-refractivity contribution in [2.75, 3.05) is 13.1 Å². The molecule has 1 saturated heterocycles. The zero-order chi connectivity index (χ0) is 19.7. The van der Waals surface area contributed by atoms with Gasteiger partial charge in [0.1, 0.15) is 11.6 Å². The average molecular weight is 389 g/mol. The lowest BCUT2D eigenvalue weighted by molar-refractivity contribution is 0.0678. The highest BCUT2D eigenvalue weighted by Crippen LogP contribution is 2.30. The van der Waals surface area contributed by atoms with Crippen molar-refractivity contribution in [3.05, 3.63) is 11.6 Å². The van der Waals surface area contributed by atoms with E-state index in [4.69, 9.17) is 0 Å². The number of carbonyl (C=O) groups is 1. The van der Waals surface area contributed by atoms with Gasteiger partial charge in [-0.25, -0.2) is 4.79 Å². The van der Waals surface area contributed by atoms with Crippen molar-refractivity contribution in [2.24, 2.45) is 5.92 Å². The van der Waals surface area contributed by atoms with Gasteiger partial charge in [-0.15, -0.1) is 10.2 Å². The van der Waals surface area contributed by atoms with Crippen LogP contribution in [0.4, 0.5) is 4.79 Å². The van der Waals surface area contributed by atoms with Crippen molar-refractivity contribution in [1.82, 2.24) is 30.3 Å². The fraction of sp³-hybridized carbons (Fsp3) is 0.857. The van der Waals surface area contributed by atoms with E-state index in [9.17, 15) is 4.79 Å². The molecule has 7 heteroatoms. The molecule has 2 fully saturated rings. The molecule has 2 aliphatic heterocycles. The normalized spacial score (nSPS) is 27.1. The van der Waals surface area contributed by atoms with Gasteiger partial charge in [-0.3, -0.25) is 0 Å². The van der Waals surface area contributed by atoms with Gasteiger partial charge in [-0.2, -0.15) is 0 Å². The van der Waals surface area contributed by atoms with Gasteiger partial charge in [0.25, 0.3) is 0 Å². The number of nitrogens with zero attached hydrogens (tertiary/aromatic N) is 4. The highest BCUT2D eigenvalue weighted by Gasteiger charge is 2.32. The number of fused-ring (bicyclic) bond motifs is 1. The number of carbonyl (C=O) groups excluding carboxylic acids is 1. The number of aromatic nitrogens is 3. The molecule has 1 aromatic heterocycles. The number of rotatable bonds is 5. The summed E-state index contributed by atoms with van der Waals surface area (Å²) in [6, 6.07) is 1.13. The molecule has 1 aromatic rings. The van der Waals surface area contributed by atoms with Crippen molar-refractivity contribution in [3.63, 3.8) is 0 Å². The summed E-state index contributed by atoms with van der Waals surface area (Å²) in [6.45, 7) is 9.60. The van der Waals surface area contributed by atoms with Gasteiger partial charge in [0.15, 0.2) is 0 Å². The summed E-state index contributed by atoms with van der Waals surface area (Å²) < 4.78 is 2.19. The van der Waals surface area contributed by atoms with Gasteiger partial charge in [0.2, 0.25) is 0 Å². The quantitative estimate of drug-likeness (QED) is 0.813. The Morgan fingerprint density at radius 2 is 1.89 bits per heavy atom. The monoisotopic (exact) mass is 388 g/mol. The first-order chi connectivity index (χ1) is 13.5. The minimum Gasteiger partial charge on any atom is -0.335 e. The summed E-state index contributed by atoms with van der Waals surface area (Å²) in [4.78, 5) is 15.3. The number of aryl methyl sites for hydroxylation is 1. The average Bonchev–Trinajstić information content (AvgIpc) is 3.04. The van der Waals surface area contributed by atoms with Gasteiger partial charge < -0.3 is 20.1 Å². The third-order valence-electron chi connectivity index (χ3n) is 6.97. The molecule has 28 heavy (non-hydrogen) atoms. The first-order valence-electron chi connectivity index (χ1n) is 11.2. The zero-order valence-corrected chi connectivity index (χ0v) is 17.7. The smallest absolute Gasteiger partial charge is 0.315 e. The molecule has 156 valence electrons. The number of nitrogens with one attached hydrogen (secondary N) is 2. The molecule has 0 radical (unpaired) electrons. The summed E-state index contributed by atoms with van der Waals surface area (Å²) in [5.41, 5.74) is 0. The molecule has 3 aliphatic rings. The third kappa shape index (κ3) is 4.19. The molecular formula is C21H36N6O. The van der Waals surface area contributed by atoms with E-state index in [1.54, 1.807) is 0 Å². The lowest BCUT2D eigenvalue weighted by Gasteiger charge is -2.43. The van der Waals surface area contributed by atoms with Crippen molar-refractivity contribution >= 4 is 6.03 Å². The second-order valence-corrected chi connectivity index (χ2v) is 9.36. The molecule has 3 atom stereocenters. The van der Waals surface area contributed by atoms with E-state index in [2.05, 4.69) is 51.1 Å². The summed E-state index contributed by atoms with van der Waals surface area (Å²) in [5.74, 6) is 2.98. The van der Waals surface area contributed by atoms with Crippen LogP contribution in [0.5, 0.6) is 0 Å². The minimum absolute atomic E-state index is 0.0270. The van der Waals surface area contributed by atoms with E-state index in [0.717, 1.165) is 43.6 Å². The van der Waals surface area contributed by atoms with Crippen LogP contribution in [0.25, 0.3) is 0 Å². The second kappa shape index (κ2) is 8.39. The third-order valence-corrected chi connectivity index (χ3v) is 6.97. The molecule has 1 saturated carbocycles. The largest absolute Gasteiger partial charge is 0.335 e. The van der Waals surface area contributed by atoms with Crippen LogP contribution in [0.2, 0.25) is 0 Å². The zero-order valence-electron chi connectivity index (χ0n) is 17.7. The van der Waals surface area contributed by atoms with E-state index in [1.807, 2.05) is 0 Å². The van der Waals surface area contributed by atoms with E-state index in [1.165, 1.54) is 38.6 Å². The Morgan fingerprint density at radius 1 is 1.07 bits per heavy atom. The lowest BCUT2D eigenvalue weighted by atomic mass is 9.86. The van der Waals surface area contributed by atoms with Crippen LogP contribution >= 0.6 is 0 Å². The van der Waals surface area contributed by atoms with E-state index in [-0.39, 0.29) is 18.1 Å². The molecule has 2 amide bonds. The van der Waals surface area contributed by atoms with Gasteiger partial charge in [0, 0.05) is 43.6 Å². The van der Waals surface area contributed by atoms with Crippen LogP contribution in [0, 0.1) is 5.92 Å². The summed E-state index contributed by atoms with van der Waals surface area (Å²) in [5, 5.41) is 15.1. The predicted octanol–water partition coefficient (Wildman–Crippen LogP) is 2.67. The molecule has 0 aromatic carbocycles. The number of likely N-dealkylation sites (tertiary alicyclic amines) is 1. The van der Waals surface area contributed by atoms with Crippen molar-refractivity contribution in [3.8, 4) is 0 Å². The first-order valence-corrected chi connectivity index (χ1v) is 11.2. The number of amides is 2. The minimum atomic E-state index is -0.0270. The molecule has 0 bridgehead atoms. The topological polar surface area (TPSA) is 75.1 Å². The highest BCUT2D eigenvalue weighted by molar-refractivity contribution is 5.74. The Bertz CT molecular complexity index is 682. The molecule has 7 nitrogen and oxygen atoms in total. The Hall–Kier alpha value is -1.63. The Kier molecular flexibility index (Phi) is 5.90. The fourth-order valence-electron chi connectivity index (χ4n) is 4.98. The van der Waals surface area contributed by atoms with Crippen LogP contribution in [-0.2, 0) is 13.0 Å². The van der Waals surface area contributed by atoms with Crippen LogP contribution in [0.15, 0.2) is 0 Å². The molecule has 2 N–H and O–H groups in total.